The molecule has 0 radical (unpaired) electrons. The number of aliphatic hydroxyl groups excluding tert-OH is 1. The van der Waals surface area contributed by atoms with Gasteiger partial charge in [-0.05, 0) is 25.8 Å². The van der Waals surface area contributed by atoms with Gasteiger partial charge < -0.3 is 9.84 Å². The molecule has 70 valence electrons. The van der Waals surface area contributed by atoms with E-state index in [1.54, 1.807) is 6.92 Å². The molecule has 0 bridgehead atoms. The highest BCUT2D eigenvalue weighted by Crippen LogP contribution is 2.31. The Hall–Kier alpha value is -0.340. The smallest absolute Gasteiger partial charge is 0.105 e. The van der Waals surface area contributed by atoms with Gasteiger partial charge in [-0.25, -0.2) is 0 Å². The molecule has 1 rings (SSSR count). The van der Waals surface area contributed by atoms with Crippen LogP contribution in [-0.2, 0) is 4.74 Å². The summed E-state index contributed by atoms with van der Waals surface area (Å²) in [5.74, 6) is 0. The van der Waals surface area contributed by atoms with Crippen LogP contribution in [0.4, 0.5) is 0 Å². The maximum absolute atomic E-state index is 9.18. The topological polar surface area (TPSA) is 32.8 Å². The van der Waals surface area contributed by atoms with E-state index in [-0.39, 0.29) is 6.10 Å². The van der Waals surface area contributed by atoms with Crippen molar-refractivity contribution in [1.82, 2.24) is 0 Å². The monoisotopic (exact) mass is 170 g/mol. The van der Waals surface area contributed by atoms with Gasteiger partial charge in [0.15, 0.2) is 0 Å². The van der Waals surface area contributed by atoms with E-state index in [0.29, 0.717) is 12.2 Å². The Morgan fingerprint density at radius 1 is 1.67 bits per heavy atom. The van der Waals surface area contributed by atoms with Crippen molar-refractivity contribution < 1.29 is 9.84 Å². The predicted molar refractivity (Wildman–Crippen MR) is 49.0 cm³/mol. The molecule has 1 saturated heterocycles. The largest absolute Gasteiger partial charge is 0.389 e. The minimum absolute atomic E-state index is 0.291. The third-order valence-corrected chi connectivity index (χ3v) is 2.07. The first-order chi connectivity index (χ1) is 5.65. The number of epoxide rings is 1. The molecule has 3 atom stereocenters. The second-order valence-corrected chi connectivity index (χ2v) is 3.49. The van der Waals surface area contributed by atoms with Gasteiger partial charge in [-0.15, -0.1) is 0 Å². The van der Waals surface area contributed by atoms with Crippen LogP contribution < -0.4 is 0 Å². The van der Waals surface area contributed by atoms with Gasteiger partial charge in [0.25, 0.3) is 0 Å². The van der Waals surface area contributed by atoms with E-state index in [1.165, 1.54) is 5.57 Å². The zero-order chi connectivity index (χ0) is 9.14. The van der Waals surface area contributed by atoms with E-state index in [9.17, 15) is 5.11 Å². The standard InChI is InChI=1S/C10H18O2/c1-4-5-9(6-7(2)11)10-8(3)12-10/h6-8,10-11H,4-5H2,1-3H3/b9-6-/t7-,8+,10-/m0/s1. The van der Waals surface area contributed by atoms with E-state index in [1.807, 2.05) is 6.08 Å². The predicted octanol–water partition coefficient (Wildman–Crippen LogP) is 1.88. The number of aliphatic hydroxyl groups is 1. The van der Waals surface area contributed by atoms with E-state index < -0.39 is 0 Å². The summed E-state index contributed by atoms with van der Waals surface area (Å²) < 4.78 is 5.35. The van der Waals surface area contributed by atoms with Crippen LogP contribution in [0.15, 0.2) is 11.6 Å². The summed E-state index contributed by atoms with van der Waals surface area (Å²) in [4.78, 5) is 0. The van der Waals surface area contributed by atoms with E-state index in [2.05, 4.69) is 13.8 Å². The third-order valence-electron chi connectivity index (χ3n) is 2.07. The van der Waals surface area contributed by atoms with Gasteiger partial charge in [0.2, 0.25) is 0 Å². The second-order valence-electron chi connectivity index (χ2n) is 3.49. The average Bonchev–Trinajstić information content (AvgIpc) is 2.65. The SMILES string of the molecule is CCC/C(=C/[C@H](C)O)[C@H]1O[C@@H]1C. The van der Waals surface area contributed by atoms with Crippen molar-refractivity contribution >= 4 is 0 Å². The molecular weight excluding hydrogens is 152 g/mol. The van der Waals surface area contributed by atoms with Crippen molar-refractivity contribution in [2.75, 3.05) is 0 Å². The fraction of sp³-hybridized carbons (Fsp3) is 0.800. The molecule has 1 aliphatic heterocycles. The van der Waals surface area contributed by atoms with Crippen LogP contribution in [0.3, 0.4) is 0 Å². The molecule has 0 amide bonds. The maximum atomic E-state index is 9.18. The third kappa shape index (κ3) is 2.61. The van der Waals surface area contributed by atoms with Gasteiger partial charge >= 0.3 is 0 Å². The minimum Gasteiger partial charge on any atom is -0.389 e. The number of hydrogen-bond acceptors (Lipinski definition) is 2. The van der Waals surface area contributed by atoms with Crippen LogP contribution in [0, 0.1) is 0 Å². The van der Waals surface area contributed by atoms with Crippen LogP contribution in [0.5, 0.6) is 0 Å². The van der Waals surface area contributed by atoms with E-state index >= 15 is 0 Å². The van der Waals surface area contributed by atoms with Crippen molar-refractivity contribution in [2.45, 2.75) is 51.9 Å². The van der Waals surface area contributed by atoms with Crippen LogP contribution in [-0.4, -0.2) is 23.4 Å². The molecule has 1 aliphatic rings. The summed E-state index contributed by atoms with van der Waals surface area (Å²) >= 11 is 0. The van der Waals surface area contributed by atoms with Gasteiger partial charge in [0.05, 0.1) is 12.2 Å². The van der Waals surface area contributed by atoms with Crippen molar-refractivity contribution in [1.29, 1.82) is 0 Å². The Bertz CT molecular complexity index is 173. The summed E-state index contributed by atoms with van der Waals surface area (Å²) in [5.41, 5.74) is 1.26. The highest BCUT2D eigenvalue weighted by Gasteiger charge is 2.36. The van der Waals surface area contributed by atoms with Gasteiger partial charge in [-0.3, -0.25) is 0 Å². The first-order valence-corrected chi connectivity index (χ1v) is 4.69. The Morgan fingerprint density at radius 3 is 2.58 bits per heavy atom. The molecule has 0 aromatic rings. The molecule has 2 nitrogen and oxygen atoms in total. The lowest BCUT2D eigenvalue weighted by atomic mass is 10.0. The maximum Gasteiger partial charge on any atom is 0.105 e. The molecular formula is C10H18O2. The molecule has 1 N–H and O–H groups in total. The lowest BCUT2D eigenvalue weighted by molar-refractivity contribution is 0.242. The first kappa shape index (κ1) is 9.75. The fourth-order valence-electron chi connectivity index (χ4n) is 1.49. The van der Waals surface area contributed by atoms with Gasteiger partial charge in [0.1, 0.15) is 6.10 Å². The Kier molecular flexibility index (Phi) is 3.29. The summed E-state index contributed by atoms with van der Waals surface area (Å²) in [6, 6.07) is 0. The van der Waals surface area contributed by atoms with Crippen molar-refractivity contribution in [3.05, 3.63) is 11.6 Å². The zero-order valence-electron chi connectivity index (χ0n) is 8.08. The number of ether oxygens (including phenoxy) is 1. The molecule has 0 aromatic carbocycles. The quantitative estimate of drug-likeness (QED) is 0.516. The van der Waals surface area contributed by atoms with Gasteiger partial charge in [-0.2, -0.15) is 0 Å². The highest BCUT2D eigenvalue weighted by atomic mass is 16.6. The second kappa shape index (κ2) is 4.06. The van der Waals surface area contributed by atoms with Crippen molar-refractivity contribution in [3.8, 4) is 0 Å². The Labute approximate surface area is 74.2 Å². The molecule has 0 saturated carbocycles. The molecule has 2 heteroatoms. The van der Waals surface area contributed by atoms with Crippen LogP contribution in [0.1, 0.15) is 33.6 Å². The molecule has 12 heavy (non-hydrogen) atoms. The molecule has 0 aromatic heterocycles. The lowest BCUT2D eigenvalue weighted by Crippen LogP contribution is -2.02. The molecule has 1 heterocycles. The fourth-order valence-corrected chi connectivity index (χ4v) is 1.49. The first-order valence-electron chi connectivity index (χ1n) is 4.69. The molecule has 1 fully saturated rings. The Morgan fingerprint density at radius 2 is 2.25 bits per heavy atom. The molecule has 0 spiro atoms. The average molecular weight is 170 g/mol. The summed E-state index contributed by atoms with van der Waals surface area (Å²) in [7, 11) is 0. The number of rotatable bonds is 4. The lowest BCUT2D eigenvalue weighted by Gasteiger charge is -2.03. The zero-order valence-corrected chi connectivity index (χ0v) is 8.08. The minimum atomic E-state index is -0.344. The van der Waals surface area contributed by atoms with Gasteiger partial charge in [0, 0.05) is 0 Å². The van der Waals surface area contributed by atoms with Gasteiger partial charge in [-0.1, -0.05) is 19.4 Å². The van der Waals surface area contributed by atoms with Crippen molar-refractivity contribution in [2.24, 2.45) is 0 Å². The molecule has 0 aliphatic carbocycles. The number of hydrogen-bond donors (Lipinski definition) is 1. The van der Waals surface area contributed by atoms with Crippen LogP contribution in [0.25, 0.3) is 0 Å². The summed E-state index contributed by atoms with van der Waals surface area (Å²) in [6.07, 6.45) is 4.38. The summed E-state index contributed by atoms with van der Waals surface area (Å²) in [5, 5.41) is 9.18. The molecule has 0 unspecified atom stereocenters. The normalized spacial score (nSPS) is 31.8. The van der Waals surface area contributed by atoms with E-state index in [0.717, 1.165) is 12.8 Å². The Balaban J connectivity index is 2.49. The van der Waals surface area contributed by atoms with Crippen LogP contribution in [0.2, 0.25) is 0 Å². The van der Waals surface area contributed by atoms with Crippen molar-refractivity contribution in [3.63, 3.8) is 0 Å². The van der Waals surface area contributed by atoms with Crippen LogP contribution >= 0.6 is 0 Å². The highest BCUT2D eigenvalue weighted by molar-refractivity contribution is 5.17. The summed E-state index contributed by atoms with van der Waals surface area (Å²) in [6.45, 7) is 5.99. The van der Waals surface area contributed by atoms with E-state index in [4.69, 9.17) is 4.74 Å².